The Bertz CT molecular complexity index is 390. The van der Waals surface area contributed by atoms with Gasteiger partial charge in [-0.3, -0.25) is 4.79 Å². The van der Waals surface area contributed by atoms with Crippen LogP contribution in [0.1, 0.15) is 75.4 Å². The van der Waals surface area contributed by atoms with Crippen LogP contribution in [-0.4, -0.2) is 17.4 Å². The summed E-state index contributed by atoms with van der Waals surface area (Å²) in [7, 11) is 0. The number of carbonyl (C=O) groups is 1. The summed E-state index contributed by atoms with van der Waals surface area (Å²) in [5.74, 6) is 0.218. The van der Waals surface area contributed by atoms with Crippen LogP contribution in [0.15, 0.2) is 5.38 Å². The molecule has 1 aromatic heterocycles. The molecule has 0 aliphatic rings. The molecule has 21 heavy (non-hydrogen) atoms. The molecular weight excluding hydrogens is 280 g/mol. The highest BCUT2D eigenvalue weighted by atomic mass is 32.1. The molecule has 1 aromatic rings. The van der Waals surface area contributed by atoms with E-state index in [0.717, 1.165) is 37.9 Å². The van der Waals surface area contributed by atoms with Crippen molar-refractivity contribution in [1.82, 2.24) is 10.3 Å². The van der Waals surface area contributed by atoms with E-state index in [2.05, 4.69) is 22.6 Å². The van der Waals surface area contributed by atoms with E-state index in [0.29, 0.717) is 6.42 Å². The standard InChI is InChI=1S/C17H30N2OS/c1-3-4-5-6-7-8-11-16(20)18-13-10-9-12-17-19-15(2)14-21-17/h14H,3-13H2,1-2H3,(H,18,20). The first-order valence-corrected chi connectivity index (χ1v) is 9.28. The SMILES string of the molecule is CCCCCCCCC(=O)NCCCCc1nc(C)cs1. The van der Waals surface area contributed by atoms with Gasteiger partial charge in [0.05, 0.1) is 5.01 Å². The molecule has 0 radical (unpaired) electrons. The zero-order valence-corrected chi connectivity index (χ0v) is 14.4. The van der Waals surface area contributed by atoms with Crippen molar-refractivity contribution in [3.63, 3.8) is 0 Å². The maximum Gasteiger partial charge on any atom is 0.219 e. The van der Waals surface area contributed by atoms with Gasteiger partial charge in [0.15, 0.2) is 0 Å². The second-order valence-electron chi connectivity index (χ2n) is 5.71. The number of hydrogen-bond donors (Lipinski definition) is 1. The largest absolute Gasteiger partial charge is 0.356 e. The maximum atomic E-state index is 11.6. The highest BCUT2D eigenvalue weighted by Gasteiger charge is 2.01. The Morgan fingerprint density at radius 3 is 2.62 bits per heavy atom. The van der Waals surface area contributed by atoms with Crippen LogP contribution in [0, 0.1) is 6.92 Å². The molecule has 3 nitrogen and oxygen atoms in total. The van der Waals surface area contributed by atoms with Crippen molar-refractivity contribution in [3.8, 4) is 0 Å². The number of aromatic nitrogens is 1. The minimum absolute atomic E-state index is 0.218. The smallest absolute Gasteiger partial charge is 0.219 e. The zero-order chi connectivity index (χ0) is 15.3. The highest BCUT2D eigenvalue weighted by Crippen LogP contribution is 2.11. The van der Waals surface area contributed by atoms with Gasteiger partial charge in [0.1, 0.15) is 0 Å². The Labute approximate surface area is 133 Å². The van der Waals surface area contributed by atoms with Crippen LogP contribution in [0.4, 0.5) is 0 Å². The molecule has 0 spiro atoms. The van der Waals surface area contributed by atoms with Crippen molar-refractivity contribution in [2.75, 3.05) is 6.54 Å². The van der Waals surface area contributed by atoms with Crippen LogP contribution in [0.5, 0.6) is 0 Å². The maximum absolute atomic E-state index is 11.6. The minimum Gasteiger partial charge on any atom is -0.356 e. The summed E-state index contributed by atoms with van der Waals surface area (Å²) in [5.41, 5.74) is 1.11. The zero-order valence-electron chi connectivity index (χ0n) is 13.6. The quantitative estimate of drug-likeness (QED) is 0.571. The molecule has 0 saturated heterocycles. The van der Waals surface area contributed by atoms with Gasteiger partial charge in [0, 0.05) is 24.0 Å². The van der Waals surface area contributed by atoms with E-state index in [1.807, 2.05) is 6.92 Å². The molecule has 0 unspecified atom stereocenters. The summed E-state index contributed by atoms with van der Waals surface area (Å²) in [4.78, 5) is 16.1. The third-order valence-corrected chi connectivity index (χ3v) is 4.59. The number of aryl methyl sites for hydroxylation is 2. The molecular formula is C17H30N2OS. The number of amides is 1. The molecule has 1 N–H and O–H groups in total. The van der Waals surface area contributed by atoms with Crippen molar-refractivity contribution in [3.05, 3.63) is 16.1 Å². The average molecular weight is 311 g/mol. The van der Waals surface area contributed by atoms with Gasteiger partial charge in [-0.05, 0) is 32.6 Å². The van der Waals surface area contributed by atoms with Crippen LogP contribution in [0.2, 0.25) is 0 Å². The van der Waals surface area contributed by atoms with Crippen LogP contribution in [-0.2, 0) is 11.2 Å². The number of nitrogens with zero attached hydrogens (tertiary/aromatic N) is 1. The van der Waals surface area contributed by atoms with Crippen molar-refractivity contribution < 1.29 is 4.79 Å². The van der Waals surface area contributed by atoms with Crippen LogP contribution in [0.25, 0.3) is 0 Å². The lowest BCUT2D eigenvalue weighted by Crippen LogP contribution is -2.24. The van der Waals surface area contributed by atoms with Crippen molar-refractivity contribution in [2.45, 2.75) is 78.1 Å². The summed E-state index contributed by atoms with van der Waals surface area (Å²) in [6.45, 7) is 5.06. The van der Waals surface area contributed by atoms with Gasteiger partial charge in [-0.1, -0.05) is 39.0 Å². The lowest BCUT2D eigenvalue weighted by atomic mass is 10.1. The van der Waals surface area contributed by atoms with Crippen LogP contribution >= 0.6 is 11.3 Å². The van der Waals surface area contributed by atoms with Crippen LogP contribution < -0.4 is 5.32 Å². The lowest BCUT2D eigenvalue weighted by Gasteiger charge is -2.05. The normalized spacial score (nSPS) is 10.8. The second-order valence-corrected chi connectivity index (χ2v) is 6.65. The van der Waals surface area contributed by atoms with Gasteiger partial charge in [-0.2, -0.15) is 0 Å². The predicted molar refractivity (Wildman–Crippen MR) is 90.8 cm³/mol. The number of carbonyl (C=O) groups excluding carboxylic acids is 1. The van der Waals surface area contributed by atoms with E-state index < -0.39 is 0 Å². The Hall–Kier alpha value is -0.900. The number of hydrogen-bond acceptors (Lipinski definition) is 3. The lowest BCUT2D eigenvalue weighted by molar-refractivity contribution is -0.121. The summed E-state index contributed by atoms with van der Waals surface area (Å²) < 4.78 is 0. The van der Waals surface area contributed by atoms with E-state index >= 15 is 0 Å². The molecule has 0 aliphatic heterocycles. The fraction of sp³-hybridized carbons (Fsp3) is 0.765. The molecule has 0 atom stereocenters. The van der Waals surface area contributed by atoms with Gasteiger partial charge in [-0.15, -0.1) is 11.3 Å². The molecule has 1 amide bonds. The predicted octanol–water partition coefficient (Wildman–Crippen LogP) is 4.64. The first kappa shape index (κ1) is 18.1. The minimum atomic E-state index is 0.218. The Morgan fingerprint density at radius 1 is 1.14 bits per heavy atom. The van der Waals surface area contributed by atoms with Gasteiger partial charge in [0.25, 0.3) is 0 Å². The number of nitrogens with one attached hydrogen (secondary N) is 1. The fourth-order valence-electron chi connectivity index (χ4n) is 2.30. The summed E-state index contributed by atoms with van der Waals surface area (Å²) in [5, 5.41) is 6.33. The van der Waals surface area contributed by atoms with Gasteiger partial charge in [-0.25, -0.2) is 4.98 Å². The van der Waals surface area contributed by atoms with Crippen molar-refractivity contribution in [2.24, 2.45) is 0 Å². The van der Waals surface area contributed by atoms with Crippen molar-refractivity contribution in [1.29, 1.82) is 0 Å². The number of rotatable bonds is 12. The fourth-order valence-corrected chi connectivity index (χ4v) is 3.12. The van der Waals surface area contributed by atoms with E-state index in [4.69, 9.17) is 0 Å². The molecule has 0 aromatic carbocycles. The Kier molecular flexibility index (Phi) is 10.1. The third kappa shape index (κ3) is 9.62. The summed E-state index contributed by atoms with van der Waals surface area (Å²) in [6, 6.07) is 0. The molecule has 0 bridgehead atoms. The number of thiazole rings is 1. The Morgan fingerprint density at radius 2 is 1.90 bits per heavy atom. The molecule has 0 fully saturated rings. The van der Waals surface area contributed by atoms with E-state index in [1.165, 1.54) is 37.1 Å². The second kappa shape index (κ2) is 11.7. The van der Waals surface area contributed by atoms with Gasteiger partial charge >= 0.3 is 0 Å². The highest BCUT2D eigenvalue weighted by molar-refractivity contribution is 7.09. The van der Waals surface area contributed by atoms with Crippen LogP contribution in [0.3, 0.4) is 0 Å². The monoisotopic (exact) mass is 310 g/mol. The average Bonchev–Trinajstić information content (AvgIpc) is 2.88. The molecule has 0 saturated carbocycles. The van der Waals surface area contributed by atoms with E-state index in [1.54, 1.807) is 11.3 Å². The molecule has 1 rings (SSSR count). The molecule has 1 heterocycles. The summed E-state index contributed by atoms with van der Waals surface area (Å²) in [6.07, 6.45) is 11.3. The first-order valence-electron chi connectivity index (χ1n) is 8.40. The van der Waals surface area contributed by atoms with Crippen molar-refractivity contribution >= 4 is 17.2 Å². The topological polar surface area (TPSA) is 42.0 Å². The Balaban J connectivity index is 1.89. The first-order chi connectivity index (χ1) is 10.2. The van der Waals surface area contributed by atoms with E-state index in [-0.39, 0.29) is 5.91 Å². The summed E-state index contributed by atoms with van der Waals surface area (Å²) >= 11 is 1.73. The molecule has 120 valence electrons. The van der Waals surface area contributed by atoms with E-state index in [9.17, 15) is 4.79 Å². The molecule has 4 heteroatoms. The molecule has 0 aliphatic carbocycles. The van der Waals surface area contributed by atoms with Gasteiger partial charge in [0.2, 0.25) is 5.91 Å². The number of unbranched alkanes of at least 4 members (excludes halogenated alkanes) is 6. The van der Waals surface area contributed by atoms with Gasteiger partial charge < -0.3 is 5.32 Å². The third-order valence-electron chi connectivity index (χ3n) is 3.56.